The summed E-state index contributed by atoms with van der Waals surface area (Å²) in [6.07, 6.45) is 3.01. The zero-order chi connectivity index (χ0) is 16.7. The minimum absolute atomic E-state index is 0.0637. The molecule has 3 rings (SSSR count). The van der Waals surface area contributed by atoms with Crippen LogP contribution in [0.5, 0.6) is 0 Å². The van der Waals surface area contributed by atoms with Crippen LogP contribution in [0.4, 0.5) is 0 Å². The van der Waals surface area contributed by atoms with Gasteiger partial charge in [0.25, 0.3) is 5.56 Å². The maximum absolute atomic E-state index is 13.1. The van der Waals surface area contributed by atoms with Crippen LogP contribution >= 0.6 is 11.3 Å². The highest BCUT2D eigenvalue weighted by molar-refractivity contribution is 7.18. The molecule has 0 fully saturated rings. The SMILES string of the molecule is CCc1nc2sc3c(c2c(=O)n1CC(C)C)C(C(=O)O)CCC3. The van der Waals surface area contributed by atoms with E-state index in [0.717, 1.165) is 29.1 Å². The van der Waals surface area contributed by atoms with E-state index in [1.165, 1.54) is 11.3 Å². The summed E-state index contributed by atoms with van der Waals surface area (Å²) in [5.41, 5.74) is 0.674. The number of hydrogen-bond donors (Lipinski definition) is 1. The molecular weight excluding hydrogens is 312 g/mol. The number of hydrogen-bond acceptors (Lipinski definition) is 4. The number of carbonyl (C=O) groups is 1. The Morgan fingerprint density at radius 2 is 2.22 bits per heavy atom. The van der Waals surface area contributed by atoms with Crippen LogP contribution in [0.25, 0.3) is 10.2 Å². The van der Waals surface area contributed by atoms with Crippen LogP contribution in [0, 0.1) is 5.92 Å². The highest BCUT2D eigenvalue weighted by Gasteiger charge is 2.32. The minimum atomic E-state index is -0.833. The molecular formula is C17H22N2O3S. The average Bonchev–Trinajstić information content (AvgIpc) is 2.87. The van der Waals surface area contributed by atoms with E-state index >= 15 is 0 Å². The molecule has 23 heavy (non-hydrogen) atoms. The van der Waals surface area contributed by atoms with E-state index in [2.05, 4.69) is 13.8 Å². The van der Waals surface area contributed by atoms with E-state index in [9.17, 15) is 14.7 Å². The monoisotopic (exact) mass is 334 g/mol. The Kier molecular flexibility index (Phi) is 4.27. The summed E-state index contributed by atoms with van der Waals surface area (Å²) in [5, 5.41) is 10.1. The highest BCUT2D eigenvalue weighted by atomic mass is 32.1. The number of rotatable bonds is 4. The first-order chi connectivity index (χ1) is 10.9. The molecule has 0 saturated carbocycles. The lowest BCUT2D eigenvalue weighted by atomic mass is 9.86. The maximum Gasteiger partial charge on any atom is 0.311 e. The first kappa shape index (κ1) is 16.2. The third kappa shape index (κ3) is 2.69. The van der Waals surface area contributed by atoms with E-state index in [4.69, 9.17) is 4.98 Å². The van der Waals surface area contributed by atoms with Crippen molar-refractivity contribution in [3.63, 3.8) is 0 Å². The first-order valence-corrected chi connectivity index (χ1v) is 9.03. The van der Waals surface area contributed by atoms with Gasteiger partial charge < -0.3 is 5.11 Å². The fourth-order valence-electron chi connectivity index (χ4n) is 3.43. The van der Waals surface area contributed by atoms with E-state index in [1.54, 1.807) is 4.57 Å². The lowest BCUT2D eigenvalue weighted by molar-refractivity contribution is -0.139. The van der Waals surface area contributed by atoms with Gasteiger partial charge in [-0.2, -0.15) is 0 Å². The number of aliphatic carboxylic acids is 1. The molecule has 0 spiro atoms. The van der Waals surface area contributed by atoms with Crippen molar-refractivity contribution in [2.45, 2.75) is 58.9 Å². The second kappa shape index (κ2) is 6.07. The second-order valence-corrected chi connectivity index (χ2v) is 7.68. The van der Waals surface area contributed by atoms with Gasteiger partial charge in [0.2, 0.25) is 0 Å². The average molecular weight is 334 g/mol. The summed E-state index contributed by atoms with van der Waals surface area (Å²) in [6, 6.07) is 0. The molecule has 1 aliphatic rings. The van der Waals surface area contributed by atoms with Gasteiger partial charge in [-0.15, -0.1) is 11.3 Å². The second-order valence-electron chi connectivity index (χ2n) is 6.59. The summed E-state index contributed by atoms with van der Waals surface area (Å²) in [5.74, 6) is -0.273. The fourth-order valence-corrected chi connectivity index (χ4v) is 4.71. The number of carboxylic acids is 1. The topological polar surface area (TPSA) is 72.2 Å². The largest absolute Gasteiger partial charge is 0.481 e. The van der Waals surface area contributed by atoms with Crippen LogP contribution < -0.4 is 5.56 Å². The molecule has 0 aromatic carbocycles. The number of fused-ring (bicyclic) bond motifs is 3. The predicted molar refractivity (Wildman–Crippen MR) is 91.4 cm³/mol. The van der Waals surface area contributed by atoms with Crippen LogP contribution in [0.15, 0.2) is 4.79 Å². The van der Waals surface area contributed by atoms with Crippen molar-refractivity contribution >= 4 is 27.5 Å². The first-order valence-electron chi connectivity index (χ1n) is 8.21. The number of nitrogens with zero attached hydrogens (tertiary/aromatic N) is 2. The van der Waals surface area contributed by atoms with Crippen molar-refractivity contribution in [1.29, 1.82) is 0 Å². The van der Waals surface area contributed by atoms with Crippen LogP contribution in [-0.2, 0) is 24.2 Å². The number of carboxylic acid groups (broad SMARTS) is 1. The van der Waals surface area contributed by atoms with E-state index < -0.39 is 11.9 Å². The van der Waals surface area contributed by atoms with Gasteiger partial charge in [0.05, 0.1) is 11.3 Å². The van der Waals surface area contributed by atoms with Crippen molar-refractivity contribution in [3.8, 4) is 0 Å². The molecule has 1 aliphatic carbocycles. The molecule has 0 amide bonds. The molecule has 124 valence electrons. The maximum atomic E-state index is 13.1. The Hall–Kier alpha value is -1.69. The molecule has 6 heteroatoms. The molecule has 2 aromatic rings. The molecule has 1 atom stereocenters. The van der Waals surface area contributed by atoms with E-state index in [-0.39, 0.29) is 5.56 Å². The lowest BCUT2D eigenvalue weighted by Crippen LogP contribution is -2.28. The summed E-state index contributed by atoms with van der Waals surface area (Å²) >= 11 is 1.50. The smallest absolute Gasteiger partial charge is 0.311 e. The molecule has 5 nitrogen and oxygen atoms in total. The molecule has 0 saturated heterocycles. The zero-order valence-electron chi connectivity index (χ0n) is 13.8. The van der Waals surface area contributed by atoms with Gasteiger partial charge in [-0.05, 0) is 30.7 Å². The third-order valence-corrected chi connectivity index (χ3v) is 5.57. The Morgan fingerprint density at radius 1 is 1.48 bits per heavy atom. The molecule has 2 heterocycles. The number of thiophene rings is 1. The Morgan fingerprint density at radius 3 is 2.83 bits per heavy atom. The standard InChI is InChI=1S/C17H22N2O3S/c1-4-12-18-15-14(16(20)19(12)8-9(2)3)13-10(17(21)22)6-5-7-11(13)23-15/h9-10H,4-8H2,1-3H3,(H,21,22). The van der Waals surface area contributed by atoms with E-state index in [0.29, 0.717) is 35.5 Å². The van der Waals surface area contributed by atoms with Gasteiger partial charge >= 0.3 is 5.97 Å². The van der Waals surface area contributed by atoms with Gasteiger partial charge in [-0.25, -0.2) is 4.98 Å². The van der Waals surface area contributed by atoms with Crippen LogP contribution in [0.1, 0.15) is 55.8 Å². The van der Waals surface area contributed by atoms with Crippen LogP contribution in [0.3, 0.4) is 0 Å². The Bertz CT molecular complexity index is 819. The molecule has 0 radical (unpaired) electrons. The Balaban J connectivity index is 2.32. The Labute approximate surface area is 139 Å². The molecule has 1 N–H and O–H groups in total. The lowest BCUT2D eigenvalue weighted by Gasteiger charge is -2.19. The predicted octanol–water partition coefficient (Wildman–Crippen LogP) is 3.18. The normalized spacial score (nSPS) is 17.7. The van der Waals surface area contributed by atoms with Crippen molar-refractivity contribution in [2.75, 3.05) is 0 Å². The van der Waals surface area contributed by atoms with Crippen molar-refractivity contribution in [1.82, 2.24) is 9.55 Å². The summed E-state index contributed by atoms with van der Waals surface area (Å²) < 4.78 is 1.74. The van der Waals surface area contributed by atoms with Crippen LogP contribution in [0.2, 0.25) is 0 Å². The van der Waals surface area contributed by atoms with Gasteiger partial charge in [-0.1, -0.05) is 20.8 Å². The molecule has 1 unspecified atom stereocenters. The number of aromatic nitrogens is 2. The molecule has 2 aromatic heterocycles. The summed E-state index contributed by atoms with van der Waals surface area (Å²) in [7, 11) is 0. The number of aryl methyl sites for hydroxylation is 2. The van der Waals surface area contributed by atoms with Gasteiger partial charge in [0, 0.05) is 17.8 Å². The van der Waals surface area contributed by atoms with Gasteiger partial charge in [-0.3, -0.25) is 14.2 Å². The van der Waals surface area contributed by atoms with Gasteiger partial charge in [0.15, 0.2) is 0 Å². The highest BCUT2D eigenvalue weighted by Crippen LogP contribution is 2.40. The van der Waals surface area contributed by atoms with Crippen molar-refractivity contribution in [3.05, 3.63) is 26.6 Å². The van der Waals surface area contributed by atoms with E-state index in [1.807, 2.05) is 6.92 Å². The minimum Gasteiger partial charge on any atom is -0.481 e. The zero-order valence-corrected chi connectivity index (χ0v) is 14.6. The molecule has 0 bridgehead atoms. The van der Waals surface area contributed by atoms with Crippen LogP contribution in [-0.4, -0.2) is 20.6 Å². The quantitative estimate of drug-likeness (QED) is 0.932. The van der Waals surface area contributed by atoms with Crippen molar-refractivity contribution in [2.24, 2.45) is 5.92 Å². The molecule has 0 aliphatic heterocycles. The summed E-state index contributed by atoms with van der Waals surface area (Å²) in [4.78, 5) is 31.2. The fraction of sp³-hybridized carbons (Fsp3) is 0.588. The van der Waals surface area contributed by atoms with Gasteiger partial charge in [0.1, 0.15) is 10.7 Å². The third-order valence-electron chi connectivity index (χ3n) is 4.41. The van der Waals surface area contributed by atoms with Crippen molar-refractivity contribution < 1.29 is 9.90 Å². The summed E-state index contributed by atoms with van der Waals surface area (Å²) in [6.45, 7) is 6.75.